The number of hydrogen-bond donors (Lipinski definition) is 1. The molecule has 29 heavy (non-hydrogen) atoms. The van der Waals surface area contributed by atoms with Gasteiger partial charge in [0.1, 0.15) is 5.75 Å². The number of methoxy groups -OCH3 is 2. The van der Waals surface area contributed by atoms with Crippen molar-refractivity contribution >= 4 is 45.0 Å². The van der Waals surface area contributed by atoms with Crippen molar-refractivity contribution in [3.63, 3.8) is 0 Å². The van der Waals surface area contributed by atoms with Gasteiger partial charge in [-0.2, -0.15) is 0 Å². The zero-order chi connectivity index (χ0) is 21.6. The molecule has 1 amide bonds. The lowest BCUT2D eigenvalue weighted by Gasteiger charge is -2.10. The fourth-order valence-corrected chi connectivity index (χ4v) is 3.85. The molecule has 1 N–H and O–H groups in total. The molecular weight excluding hydrogens is 422 g/mol. The fourth-order valence-electron chi connectivity index (χ4n) is 2.45. The van der Waals surface area contributed by atoms with E-state index in [1.54, 1.807) is 24.3 Å². The highest BCUT2D eigenvalue weighted by Gasteiger charge is 2.19. The van der Waals surface area contributed by atoms with Crippen molar-refractivity contribution in [3.8, 4) is 0 Å². The molecule has 2 aromatic rings. The van der Waals surface area contributed by atoms with E-state index in [1.165, 1.54) is 18.2 Å². The van der Waals surface area contributed by atoms with Crippen molar-refractivity contribution in [1.82, 2.24) is 0 Å². The molecule has 0 atom stereocenters. The van der Waals surface area contributed by atoms with Gasteiger partial charge in [0, 0.05) is 10.7 Å². The molecule has 0 aliphatic carbocycles. The minimum Gasteiger partial charge on any atom is -0.465 e. The monoisotopic (exact) mass is 439 g/mol. The normalized spacial score (nSPS) is 10.9. The Morgan fingerprint density at radius 3 is 1.93 bits per heavy atom. The van der Waals surface area contributed by atoms with Crippen LogP contribution in [0, 0.1) is 0 Å². The van der Waals surface area contributed by atoms with Gasteiger partial charge in [-0.25, -0.2) is 18.0 Å². The van der Waals surface area contributed by atoms with Crippen LogP contribution in [0.2, 0.25) is 5.02 Å². The van der Waals surface area contributed by atoms with Crippen LogP contribution >= 0.6 is 11.6 Å². The molecule has 0 saturated heterocycles. The molecule has 0 aromatic heterocycles. The molecule has 0 radical (unpaired) electrons. The Hall–Kier alpha value is -2.91. The van der Waals surface area contributed by atoms with Gasteiger partial charge in [0.25, 0.3) is 0 Å². The summed E-state index contributed by atoms with van der Waals surface area (Å²) in [5.74, 6) is -3.42. The third kappa shape index (κ3) is 6.58. The number of anilines is 1. The van der Waals surface area contributed by atoms with Gasteiger partial charge in [0.2, 0.25) is 5.91 Å². The van der Waals surface area contributed by atoms with E-state index in [2.05, 4.69) is 14.8 Å². The van der Waals surface area contributed by atoms with Crippen LogP contribution < -0.4 is 5.32 Å². The Morgan fingerprint density at radius 1 is 0.931 bits per heavy atom. The number of rotatable bonds is 7. The van der Waals surface area contributed by atoms with Crippen LogP contribution in [0.25, 0.3) is 0 Å². The minimum absolute atomic E-state index is 0.00489. The van der Waals surface area contributed by atoms with Crippen molar-refractivity contribution in [2.24, 2.45) is 0 Å². The van der Waals surface area contributed by atoms with Crippen molar-refractivity contribution in [1.29, 1.82) is 0 Å². The average molecular weight is 440 g/mol. The Morgan fingerprint density at radius 2 is 1.45 bits per heavy atom. The van der Waals surface area contributed by atoms with Gasteiger partial charge in [-0.15, -0.1) is 0 Å². The van der Waals surface area contributed by atoms with Crippen molar-refractivity contribution in [2.45, 2.75) is 5.75 Å². The molecule has 0 heterocycles. The molecule has 8 nitrogen and oxygen atoms in total. The van der Waals surface area contributed by atoms with Gasteiger partial charge in [-0.05, 0) is 35.9 Å². The van der Waals surface area contributed by atoms with Gasteiger partial charge in [0.15, 0.2) is 9.84 Å². The van der Waals surface area contributed by atoms with Gasteiger partial charge in [-0.3, -0.25) is 4.79 Å². The zero-order valence-corrected chi connectivity index (χ0v) is 17.2. The molecule has 0 saturated carbocycles. The second kappa shape index (κ2) is 9.53. The highest BCUT2D eigenvalue weighted by Crippen LogP contribution is 2.18. The summed E-state index contributed by atoms with van der Waals surface area (Å²) in [5.41, 5.74) is 0.535. The zero-order valence-electron chi connectivity index (χ0n) is 15.6. The Kier molecular flexibility index (Phi) is 7.35. The van der Waals surface area contributed by atoms with Crippen molar-refractivity contribution < 1.29 is 32.3 Å². The minimum atomic E-state index is -3.77. The van der Waals surface area contributed by atoms with Crippen LogP contribution in [0.1, 0.15) is 26.3 Å². The maximum absolute atomic E-state index is 12.3. The van der Waals surface area contributed by atoms with E-state index in [4.69, 9.17) is 11.6 Å². The SMILES string of the molecule is COC(=O)c1cc(NC(=O)CS(=O)(=O)Cc2ccc(Cl)cc2)cc(C(=O)OC)c1. The highest BCUT2D eigenvalue weighted by molar-refractivity contribution is 7.91. The van der Waals surface area contributed by atoms with E-state index < -0.39 is 33.4 Å². The number of hydrogen-bond acceptors (Lipinski definition) is 7. The maximum Gasteiger partial charge on any atom is 0.337 e. The average Bonchev–Trinajstić information content (AvgIpc) is 2.67. The molecule has 0 unspecified atom stereocenters. The van der Waals surface area contributed by atoms with Crippen LogP contribution in [0.4, 0.5) is 5.69 Å². The summed E-state index contributed by atoms with van der Waals surface area (Å²) < 4.78 is 33.8. The van der Waals surface area contributed by atoms with E-state index in [9.17, 15) is 22.8 Å². The molecule has 0 aliphatic rings. The third-order valence-electron chi connectivity index (χ3n) is 3.71. The lowest BCUT2D eigenvalue weighted by molar-refractivity contribution is -0.113. The van der Waals surface area contributed by atoms with Gasteiger partial charge < -0.3 is 14.8 Å². The lowest BCUT2D eigenvalue weighted by Crippen LogP contribution is -2.24. The molecule has 2 rings (SSSR count). The predicted molar refractivity (Wildman–Crippen MR) is 107 cm³/mol. The highest BCUT2D eigenvalue weighted by atomic mass is 35.5. The first-order chi connectivity index (χ1) is 13.6. The van der Waals surface area contributed by atoms with Crippen molar-refractivity contribution in [3.05, 3.63) is 64.2 Å². The molecule has 0 fully saturated rings. The van der Waals surface area contributed by atoms with E-state index >= 15 is 0 Å². The number of nitrogens with one attached hydrogen (secondary N) is 1. The molecule has 154 valence electrons. The third-order valence-corrected chi connectivity index (χ3v) is 5.44. The van der Waals surface area contributed by atoms with Crippen LogP contribution in [-0.4, -0.2) is 46.2 Å². The van der Waals surface area contributed by atoms with Crippen LogP contribution in [-0.2, 0) is 29.9 Å². The number of sulfone groups is 1. The van der Waals surface area contributed by atoms with Crippen LogP contribution in [0.15, 0.2) is 42.5 Å². The summed E-state index contributed by atoms with van der Waals surface area (Å²) >= 11 is 5.77. The topological polar surface area (TPSA) is 116 Å². The van der Waals surface area contributed by atoms with Crippen LogP contribution in [0.3, 0.4) is 0 Å². The molecule has 10 heteroatoms. The Labute approximate surface area is 172 Å². The molecule has 0 spiro atoms. The second-order valence-electron chi connectivity index (χ2n) is 5.99. The van der Waals surface area contributed by atoms with E-state index in [0.29, 0.717) is 10.6 Å². The summed E-state index contributed by atoms with van der Waals surface area (Å²) in [7, 11) is -1.44. The molecule has 0 aliphatic heterocycles. The first-order valence-corrected chi connectivity index (χ1v) is 10.4. The standard InChI is InChI=1S/C19H18ClNO7S/c1-27-18(23)13-7-14(19(24)28-2)9-16(8-13)21-17(22)11-29(25,26)10-12-3-5-15(20)6-4-12/h3-9H,10-11H2,1-2H3,(H,21,22). The second-order valence-corrected chi connectivity index (χ2v) is 8.49. The van der Waals surface area contributed by atoms with Crippen molar-refractivity contribution in [2.75, 3.05) is 25.3 Å². The first kappa shape index (κ1) is 22.4. The number of esters is 2. The Bertz CT molecular complexity index is 999. The maximum atomic E-state index is 12.3. The number of benzene rings is 2. The summed E-state index contributed by atoms with van der Waals surface area (Å²) in [6.07, 6.45) is 0. The largest absolute Gasteiger partial charge is 0.465 e. The van der Waals surface area contributed by atoms with Gasteiger partial charge in [-0.1, -0.05) is 23.7 Å². The first-order valence-electron chi connectivity index (χ1n) is 8.20. The molecule has 2 aromatic carbocycles. The molecular formula is C19H18ClNO7S. The number of halogens is 1. The van der Waals surface area contributed by atoms with E-state index in [-0.39, 0.29) is 22.6 Å². The number of ether oxygens (including phenoxy) is 2. The van der Waals surface area contributed by atoms with E-state index in [1.807, 2.05) is 0 Å². The summed E-state index contributed by atoms with van der Waals surface area (Å²) in [6.45, 7) is 0. The van der Waals surface area contributed by atoms with Crippen LogP contribution in [0.5, 0.6) is 0 Å². The number of carbonyl (C=O) groups excluding carboxylic acids is 3. The lowest BCUT2D eigenvalue weighted by atomic mass is 10.1. The van der Waals surface area contributed by atoms with Gasteiger partial charge in [0.05, 0.1) is 31.1 Å². The Balaban J connectivity index is 2.17. The summed E-state index contributed by atoms with van der Waals surface area (Å²) in [6, 6.07) is 9.99. The van der Waals surface area contributed by atoms with E-state index in [0.717, 1.165) is 14.2 Å². The molecule has 0 bridgehead atoms. The summed E-state index contributed by atoms with van der Waals surface area (Å²) in [4.78, 5) is 35.8. The summed E-state index contributed by atoms with van der Waals surface area (Å²) in [5, 5.41) is 2.85. The number of carbonyl (C=O) groups is 3. The fraction of sp³-hybridized carbons (Fsp3) is 0.211. The smallest absolute Gasteiger partial charge is 0.337 e. The van der Waals surface area contributed by atoms with Gasteiger partial charge >= 0.3 is 11.9 Å². The predicted octanol–water partition coefficient (Wildman–Crippen LogP) is 2.47. The quantitative estimate of drug-likeness (QED) is 0.658. The number of amides is 1.